The summed E-state index contributed by atoms with van der Waals surface area (Å²) in [5.41, 5.74) is 1.54. The van der Waals surface area contributed by atoms with E-state index in [1.807, 2.05) is 0 Å². The van der Waals surface area contributed by atoms with E-state index in [1.54, 1.807) is 36.1 Å². The number of rotatable bonds is 9. The molecule has 1 amide bonds. The SMILES string of the molecule is COCCCn1nnc2cc(S(=O)(=O)N3CCCC3C(=O)NCc3ccccc3F)ccc21. The summed E-state index contributed by atoms with van der Waals surface area (Å²) in [6.45, 7) is 1.42. The Labute approximate surface area is 191 Å². The number of nitrogens with zero attached hydrogens (tertiary/aromatic N) is 4. The number of aryl methyl sites for hydroxylation is 1. The van der Waals surface area contributed by atoms with Gasteiger partial charge < -0.3 is 10.1 Å². The third kappa shape index (κ3) is 4.90. The normalized spacial score (nSPS) is 17.0. The Balaban J connectivity index is 1.50. The molecule has 1 saturated heterocycles. The molecule has 1 fully saturated rings. The largest absolute Gasteiger partial charge is 0.385 e. The van der Waals surface area contributed by atoms with E-state index >= 15 is 0 Å². The Hall–Kier alpha value is -2.89. The average molecular weight is 476 g/mol. The molecular formula is C22H26FN5O4S. The Bertz CT molecular complexity index is 1250. The van der Waals surface area contributed by atoms with E-state index in [9.17, 15) is 17.6 Å². The zero-order valence-corrected chi connectivity index (χ0v) is 19.1. The van der Waals surface area contributed by atoms with Gasteiger partial charge in [0.1, 0.15) is 17.4 Å². The first-order valence-electron chi connectivity index (χ1n) is 10.8. The number of aromatic nitrogens is 3. The fraction of sp³-hybridized carbons (Fsp3) is 0.409. The summed E-state index contributed by atoms with van der Waals surface area (Å²) in [4.78, 5) is 12.8. The van der Waals surface area contributed by atoms with Gasteiger partial charge in [-0.1, -0.05) is 23.4 Å². The van der Waals surface area contributed by atoms with Gasteiger partial charge >= 0.3 is 0 Å². The number of hydrogen-bond acceptors (Lipinski definition) is 6. The van der Waals surface area contributed by atoms with Crippen molar-refractivity contribution in [2.75, 3.05) is 20.3 Å². The first kappa shape index (κ1) is 23.3. The molecule has 1 aromatic heterocycles. The van der Waals surface area contributed by atoms with Gasteiger partial charge in [-0.05, 0) is 43.5 Å². The maximum atomic E-state index is 13.8. The number of carbonyl (C=O) groups excluding carboxylic acids is 1. The van der Waals surface area contributed by atoms with E-state index in [1.165, 1.54) is 22.5 Å². The number of hydrogen-bond donors (Lipinski definition) is 1. The van der Waals surface area contributed by atoms with E-state index in [0.717, 1.165) is 11.9 Å². The van der Waals surface area contributed by atoms with Crippen molar-refractivity contribution in [2.24, 2.45) is 0 Å². The fourth-order valence-corrected chi connectivity index (χ4v) is 5.68. The van der Waals surface area contributed by atoms with Crippen LogP contribution in [0, 0.1) is 5.82 Å². The molecular weight excluding hydrogens is 449 g/mol. The zero-order valence-electron chi connectivity index (χ0n) is 18.3. The van der Waals surface area contributed by atoms with Crippen LogP contribution in [-0.2, 0) is 32.6 Å². The van der Waals surface area contributed by atoms with Gasteiger partial charge in [0, 0.05) is 38.9 Å². The van der Waals surface area contributed by atoms with Gasteiger partial charge in [-0.15, -0.1) is 5.10 Å². The zero-order chi connectivity index (χ0) is 23.4. The molecule has 1 aliphatic heterocycles. The number of amides is 1. The number of nitrogens with one attached hydrogen (secondary N) is 1. The van der Waals surface area contributed by atoms with Crippen molar-refractivity contribution in [3.63, 3.8) is 0 Å². The summed E-state index contributed by atoms with van der Waals surface area (Å²) >= 11 is 0. The van der Waals surface area contributed by atoms with Crippen LogP contribution in [0.15, 0.2) is 47.4 Å². The number of fused-ring (bicyclic) bond motifs is 1. The van der Waals surface area contributed by atoms with Crippen molar-refractivity contribution >= 4 is 27.0 Å². The van der Waals surface area contributed by atoms with Crippen molar-refractivity contribution in [1.82, 2.24) is 24.6 Å². The standard InChI is InChI=1S/C22H26FN5O4S/c1-32-13-5-11-27-20-10-9-17(14-19(20)25-26-27)33(30,31)28-12-4-8-21(28)22(29)24-15-16-6-2-3-7-18(16)23/h2-3,6-7,9-10,14,21H,4-5,8,11-13,15H2,1H3,(H,24,29). The van der Waals surface area contributed by atoms with E-state index in [0.29, 0.717) is 37.1 Å². The lowest BCUT2D eigenvalue weighted by atomic mass is 10.2. The summed E-state index contributed by atoms with van der Waals surface area (Å²) in [6, 6.07) is 9.98. The molecule has 1 unspecified atom stereocenters. The number of methoxy groups -OCH3 is 1. The highest BCUT2D eigenvalue weighted by molar-refractivity contribution is 7.89. The Morgan fingerprint density at radius 3 is 2.88 bits per heavy atom. The van der Waals surface area contributed by atoms with E-state index in [-0.39, 0.29) is 18.0 Å². The van der Waals surface area contributed by atoms with Crippen molar-refractivity contribution in [3.05, 3.63) is 53.8 Å². The van der Waals surface area contributed by atoms with Gasteiger partial charge in [0.15, 0.2) is 0 Å². The van der Waals surface area contributed by atoms with Crippen molar-refractivity contribution < 1.29 is 22.3 Å². The molecule has 11 heteroatoms. The third-order valence-corrected chi connectivity index (χ3v) is 7.63. The molecule has 176 valence electrons. The first-order chi connectivity index (χ1) is 15.9. The lowest BCUT2D eigenvalue weighted by Gasteiger charge is -2.23. The molecule has 2 aromatic carbocycles. The molecule has 3 aromatic rings. The molecule has 9 nitrogen and oxygen atoms in total. The minimum atomic E-state index is -3.93. The molecule has 0 aliphatic carbocycles. The number of benzene rings is 2. The van der Waals surface area contributed by atoms with Crippen LogP contribution >= 0.6 is 0 Å². The van der Waals surface area contributed by atoms with E-state index in [4.69, 9.17) is 4.74 Å². The molecule has 33 heavy (non-hydrogen) atoms. The highest BCUT2D eigenvalue weighted by atomic mass is 32.2. The molecule has 1 atom stereocenters. The van der Waals surface area contributed by atoms with Crippen LogP contribution in [0.1, 0.15) is 24.8 Å². The van der Waals surface area contributed by atoms with Crippen LogP contribution in [0.4, 0.5) is 4.39 Å². The maximum absolute atomic E-state index is 13.8. The second kappa shape index (κ2) is 9.94. The van der Waals surface area contributed by atoms with Gasteiger partial charge in [0.25, 0.3) is 0 Å². The predicted octanol–water partition coefficient (Wildman–Crippen LogP) is 2.08. The molecule has 1 N–H and O–H groups in total. The number of carbonyl (C=O) groups is 1. The summed E-state index contributed by atoms with van der Waals surface area (Å²) in [5.74, 6) is -0.859. The Morgan fingerprint density at radius 1 is 1.27 bits per heavy atom. The Morgan fingerprint density at radius 2 is 2.09 bits per heavy atom. The van der Waals surface area contributed by atoms with Gasteiger partial charge in [-0.25, -0.2) is 17.5 Å². The first-order valence-corrected chi connectivity index (χ1v) is 12.2. The number of halogens is 1. The maximum Gasteiger partial charge on any atom is 0.243 e. The summed E-state index contributed by atoms with van der Waals surface area (Å²) in [6.07, 6.45) is 1.72. The monoisotopic (exact) mass is 475 g/mol. The molecule has 1 aliphatic rings. The van der Waals surface area contributed by atoms with Crippen LogP contribution in [-0.4, -0.2) is 59.9 Å². The molecule has 0 saturated carbocycles. The van der Waals surface area contributed by atoms with Gasteiger partial charge in [-0.2, -0.15) is 4.31 Å². The summed E-state index contributed by atoms with van der Waals surface area (Å²) < 4.78 is 48.5. The van der Waals surface area contributed by atoms with E-state index in [2.05, 4.69) is 15.6 Å². The number of sulfonamides is 1. The second-order valence-corrected chi connectivity index (χ2v) is 9.78. The summed E-state index contributed by atoms with van der Waals surface area (Å²) in [7, 11) is -2.30. The minimum Gasteiger partial charge on any atom is -0.385 e. The van der Waals surface area contributed by atoms with Crippen molar-refractivity contribution in [3.8, 4) is 0 Å². The highest BCUT2D eigenvalue weighted by Gasteiger charge is 2.39. The van der Waals surface area contributed by atoms with Crippen LogP contribution in [0.2, 0.25) is 0 Å². The summed E-state index contributed by atoms with van der Waals surface area (Å²) in [5, 5.41) is 10.9. The molecule has 2 heterocycles. The predicted molar refractivity (Wildman–Crippen MR) is 119 cm³/mol. The van der Waals surface area contributed by atoms with E-state index < -0.39 is 27.8 Å². The topological polar surface area (TPSA) is 106 Å². The lowest BCUT2D eigenvalue weighted by Crippen LogP contribution is -2.45. The quantitative estimate of drug-likeness (QED) is 0.475. The van der Waals surface area contributed by atoms with Gasteiger partial charge in [0.05, 0.1) is 10.4 Å². The van der Waals surface area contributed by atoms with Crippen molar-refractivity contribution in [2.45, 2.75) is 43.3 Å². The third-order valence-electron chi connectivity index (χ3n) is 5.73. The van der Waals surface area contributed by atoms with Gasteiger partial charge in [-0.3, -0.25) is 4.79 Å². The minimum absolute atomic E-state index is 0.00592. The van der Waals surface area contributed by atoms with Crippen LogP contribution < -0.4 is 5.32 Å². The van der Waals surface area contributed by atoms with Crippen LogP contribution in [0.3, 0.4) is 0 Å². The van der Waals surface area contributed by atoms with Gasteiger partial charge in [0.2, 0.25) is 15.9 Å². The smallest absolute Gasteiger partial charge is 0.243 e. The number of ether oxygens (including phenoxy) is 1. The molecule has 4 rings (SSSR count). The second-order valence-electron chi connectivity index (χ2n) is 7.89. The fourth-order valence-electron chi connectivity index (χ4n) is 4.00. The molecule has 0 radical (unpaired) electrons. The molecule has 0 spiro atoms. The molecule has 0 bridgehead atoms. The van der Waals surface area contributed by atoms with Crippen LogP contribution in [0.5, 0.6) is 0 Å². The highest BCUT2D eigenvalue weighted by Crippen LogP contribution is 2.28. The van der Waals surface area contributed by atoms with Crippen LogP contribution in [0.25, 0.3) is 11.0 Å². The lowest BCUT2D eigenvalue weighted by molar-refractivity contribution is -0.124. The average Bonchev–Trinajstić information content (AvgIpc) is 3.46. The van der Waals surface area contributed by atoms with Crippen molar-refractivity contribution in [1.29, 1.82) is 0 Å². The Kier molecular flexibility index (Phi) is 7.01.